The molecule has 2 nitrogen and oxygen atoms in total. The minimum Gasteiger partial charge on any atom is -0.385 e. The molecule has 2 saturated carbocycles. The second-order valence-electron chi connectivity index (χ2n) is 6.51. The molecule has 0 aliphatic heterocycles. The van der Waals surface area contributed by atoms with Gasteiger partial charge in [0.1, 0.15) is 0 Å². The summed E-state index contributed by atoms with van der Waals surface area (Å²) in [5, 5.41) is 12.3. The van der Waals surface area contributed by atoms with E-state index in [-0.39, 0.29) is 0 Å². The van der Waals surface area contributed by atoms with Crippen LogP contribution in [-0.2, 0) is 5.60 Å². The third-order valence-electron chi connectivity index (χ3n) is 5.14. The summed E-state index contributed by atoms with van der Waals surface area (Å²) in [5.74, 6) is 1.66. The molecular formula is C17H21NO. The zero-order chi connectivity index (χ0) is 12.9. The lowest BCUT2D eigenvalue weighted by atomic mass is 9.72. The molecule has 2 heteroatoms. The van der Waals surface area contributed by atoms with E-state index in [1.165, 1.54) is 31.1 Å². The lowest BCUT2D eigenvalue weighted by molar-refractivity contribution is -0.0250. The molecule has 2 N–H and O–H groups in total. The fourth-order valence-electron chi connectivity index (χ4n) is 3.87. The number of aromatic amines is 1. The highest BCUT2D eigenvalue weighted by atomic mass is 16.3. The smallest absolute Gasteiger partial charge is 0.0899 e. The van der Waals surface area contributed by atoms with Crippen LogP contribution in [0, 0.1) is 11.8 Å². The van der Waals surface area contributed by atoms with Crippen LogP contribution in [0.1, 0.15) is 44.1 Å². The van der Waals surface area contributed by atoms with E-state index in [1.807, 2.05) is 6.20 Å². The SMILES string of the molecule is OC1(c2ccc3[nH]ccc3c2)CCCC(C2CC2)C1. The quantitative estimate of drug-likeness (QED) is 0.837. The number of aromatic nitrogens is 1. The largest absolute Gasteiger partial charge is 0.385 e. The van der Waals surface area contributed by atoms with E-state index in [0.29, 0.717) is 0 Å². The van der Waals surface area contributed by atoms with Crippen molar-refractivity contribution in [1.29, 1.82) is 0 Å². The van der Waals surface area contributed by atoms with Gasteiger partial charge < -0.3 is 10.1 Å². The van der Waals surface area contributed by atoms with Gasteiger partial charge in [0.25, 0.3) is 0 Å². The number of fused-ring (bicyclic) bond motifs is 1. The molecule has 2 aromatic rings. The van der Waals surface area contributed by atoms with Crippen LogP contribution in [0.4, 0.5) is 0 Å². The summed E-state index contributed by atoms with van der Waals surface area (Å²) in [6, 6.07) is 8.46. The Hall–Kier alpha value is -1.28. The average molecular weight is 255 g/mol. The monoisotopic (exact) mass is 255 g/mol. The Morgan fingerprint density at radius 3 is 2.84 bits per heavy atom. The third-order valence-corrected chi connectivity index (χ3v) is 5.14. The number of H-pyrrole nitrogens is 1. The van der Waals surface area contributed by atoms with Crippen LogP contribution < -0.4 is 0 Å². The molecule has 2 aliphatic carbocycles. The molecule has 1 aromatic heterocycles. The van der Waals surface area contributed by atoms with Crippen molar-refractivity contribution in [3.8, 4) is 0 Å². The van der Waals surface area contributed by atoms with Crippen LogP contribution in [0.15, 0.2) is 30.5 Å². The predicted molar refractivity (Wildman–Crippen MR) is 76.9 cm³/mol. The Labute approximate surface area is 113 Å². The average Bonchev–Trinajstić information content (AvgIpc) is 3.16. The molecule has 0 radical (unpaired) electrons. The van der Waals surface area contributed by atoms with Crippen molar-refractivity contribution >= 4 is 10.9 Å². The molecule has 0 bridgehead atoms. The summed E-state index contributed by atoms with van der Waals surface area (Å²) in [7, 11) is 0. The Morgan fingerprint density at radius 2 is 2.00 bits per heavy atom. The number of aliphatic hydroxyl groups is 1. The van der Waals surface area contributed by atoms with E-state index in [1.54, 1.807) is 0 Å². The van der Waals surface area contributed by atoms with Gasteiger partial charge in [-0.3, -0.25) is 0 Å². The molecule has 0 spiro atoms. The molecule has 2 aliphatic rings. The van der Waals surface area contributed by atoms with Gasteiger partial charge in [0, 0.05) is 11.7 Å². The van der Waals surface area contributed by atoms with Gasteiger partial charge in [0.15, 0.2) is 0 Å². The Morgan fingerprint density at radius 1 is 1.11 bits per heavy atom. The van der Waals surface area contributed by atoms with Crippen molar-refractivity contribution in [2.75, 3.05) is 0 Å². The molecule has 100 valence electrons. The fraction of sp³-hybridized carbons (Fsp3) is 0.529. The highest BCUT2D eigenvalue weighted by Gasteiger charge is 2.41. The van der Waals surface area contributed by atoms with E-state index in [4.69, 9.17) is 0 Å². The zero-order valence-electron chi connectivity index (χ0n) is 11.2. The predicted octanol–water partition coefficient (Wildman–Crippen LogP) is 3.96. The first kappa shape index (κ1) is 11.5. The third kappa shape index (κ3) is 1.99. The number of hydrogen-bond acceptors (Lipinski definition) is 1. The van der Waals surface area contributed by atoms with Crippen molar-refractivity contribution in [3.63, 3.8) is 0 Å². The van der Waals surface area contributed by atoms with Crippen LogP contribution in [0.3, 0.4) is 0 Å². The molecule has 4 rings (SSSR count). The highest BCUT2D eigenvalue weighted by Crippen LogP contribution is 2.49. The number of nitrogens with one attached hydrogen (secondary N) is 1. The summed E-state index contributed by atoms with van der Waals surface area (Å²) in [4.78, 5) is 3.22. The minimum atomic E-state index is -0.586. The lowest BCUT2D eigenvalue weighted by Crippen LogP contribution is -2.33. The van der Waals surface area contributed by atoms with Gasteiger partial charge in [0.2, 0.25) is 0 Å². The summed E-state index contributed by atoms with van der Waals surface area (Å²) in [6.45, 7) is 0. The lowest BCUT2D eigenvalue weighted by Gasteiger charge is -2.37. The molecular weight excluding hydrogens is 234 g/mol. The van der Waals surface area contributed by atoms with Crippen molar-refractivity contribution in [1.82, 2.24) is 4.98 Å². The fourth-order valence-corrected chi connectivity index (χ4v) is 3.87. The van der Waals surface area contributed by atoms with Crippen LogP contribution in [0.5, 0.6) is 0 Å². The maximum Gasteiger partial charge on any atom is 0.0899 e. The van der Waals surface area contributed by atoms with Crippen LogP contribution in [-0.4, -0.2) is 10.1 Å². The number of hydrogen-bond donors (Lipinski definition) is 2. The number of benzene rings is 1. The maximum absolute atomic E-state index is 11.1. The Balaban J connectivity index is 1.67. The van der Waals surface area contributed by atoms with E-state index < -0.39 is 5.60 Å². The van der Waals surface area contributed by atoms with Gasteiger partial charge in [0.05, 0.1) is 5.60 Å². The molecule has 0 amide bonds. The summed E-state index contributed by atoms with van der Waals surface area (Å²) in [5.41, 5.74) is 1.68. The zero-order valence-corrected chi connectivity index (χ0v) is 11.2. The first-order valence-corrected chi connectivity index (χ1v) is 7.55. The van der Waals surface area contributed by atoms with Crippen molar-refractivity contribution < 1.29 is 5.11 Å². The van der Waals surface area contributed by atoms with Crippen molar-refractivity contribution in [2.45, 2.75) is 44.1 Å². The molecule has 1 heterocycles. The van der Waals surface area contributed by atoms with E-state index in [9.17, 15) is 5.11 Å². The summed E-state index contributed by atoms with van der Waals surface area (Å²) >= 11 is 0. The standard InChI is InChI=1S/C17H21NO/c19-17(8-1-2-14(11-17)12-3-4-12)15-5-6-16-13(10-15)7-9-18-16/h5-7,9-10,12,14,18-19H,1-4,8,11H2. The first-order chi connectivity index (χ1) is 9.24. The highest BCUT2D eigenvalue weighted by molar-refractivity contribution is 5.80. The normalized spacial score (nSPS) is 31.7. The molecule has 0 saturated heterocycles. The van der Waals surface area contributed by atoms with Gasteiger partial charge in [-0.1, -0.05) is 6.07 Å². The van der Waals surface area contributed by atoms with E-state index in [2.05, 4.69) is 29.2 Å². The van der Waals surface area contributed by atoms with Crippen molar-refractivity contribution in [3.05, 3.63) is 36.0 Å². The van der Waals surface area contributed by atoms with Gasteiger partial charge in [-0.05, 0) is 79.5 Å². The van der Waals surface area contributed by atoms with Gasteiger partial charge in [-0.2, -0.15) is 0 Å². The second kappa shape index (κ2) is 4.11. The van der Waals surface area contributed by atoms with Gasteiger partial charge in [-0.15, -0.1) is 0 Å². The molecule has 19 heavy (non-hydrogen) atoms. The summed E-state index contributed by atoms with van der Waals surface area (Å²) in [6.07, 6.45) is 9.11. The Bertz CT molecular complexity index is 598. The second-order valence-corrected chi connectivity index (χ2v) is 6.51. The Kier molecular flexibility index (Phi) is 2.49. The maximum atomic E-state index is 11.1. The topological polar surface area (TPSA) is 36.0 Å². The van der Waals surface area contributed by atoms with Gasteiger partial charge >= 0.3 is 0 Å². The van der Waals surface area contributed by atoms with Crippen LogP contribution in [0.25, 0.3) is 10.9 Å². The van der Waals surface area contributed by atoms with E-state index in [0.717, 1.165) is 35.8 Å². The summed E-state index contributed by atoms with van der Waals surface area (Å²) < 4.78 is 0. The first-order valence-electron chi connectivity index (χ1n) is 7.55. The van der Waals surface area contributed by atoms with Crippen molar-refractivity contribution in [2.24, 2.45) is 11.8 Å². The molecule has 2 fully saturated rings. The van der Waals surface area contributed by atoms with Crippen LogP contribution in [0.2, 0.25) is 0 Å². The molecule has 1 aromatic carbocycles. The van der Waals surface area contributed by atoms with E-state index >= 15 is 0 Å². The molecule has 2 unspecified atom stereocenters. The van der Waals surface area contributed by atoms with Gasteiger partial charge in [-0.25, -0.2) is 0 Å². The molecule has 2 atom stereocenters. The number of rotatable bonds is 2. The minimum absolute atomic E-state index is 0.586. The van der Waals surface area contributed by atoms with Crippen LogP contribution >= 0.6 is 0 Å².